The number of fused-ring (bicyclic) bond motifs is 2. The van der Waals surface area contributed by atoms with Gasteiger partial charge >= 0.3 is 0 Å². The molecule has 0 saturated carbocycles. The second-order valence-corrected chi connectivity index (χ2v) is 5.41. The molecule has 2 aromatic carbocycles. The second kappa shape index (κ2) is 4.21. The van der Waals surface area contributed by atoms with E-state index in [1.165, 1.54) is 0 Å². The molecule has 84 valence electrons. The first-order valence-corrected chi connectivity index (χ1v) is 6.52. The molecule has 1 heterocycles. The van der Waals surface area contributed by atoms with Gasteiger partial charge in [0, 0.05) is 26.8 Å². The van der Waals surface area contributed by atoms with Gasteiger partial charge in [0.1, 0.15) is 0 Å². The minimum atomic E-state index is 0.139. The van der Waals surface area contributed by atoms with Crippen molar-refractivity contribution in [1.82, 2.24) is 0 Å². The lowest BCUT2D eigenvalue weighted by Gasteiger charge is -2.05. The topological polar surface area (TPSA) is 17.1 Å². The molecule has 0 radical (unpaired) electrons. The lowest BCUT2D eigenvalue weighted by molar-refractivity contribution is 0.0990. The summed E-state index contributed by atoms with van der Waals surface area (Å²) in [6, 6.07) is 13.5. The quantitative estimate of drug-likeness (QED) is 0.705. The van der Waals surface area contributed by atoms with Crippen LogP contribution in [0.2, 0.25) is 5.02 Å². The van der Waals surface area contributed by atoms with Crippen molar-refractivity contribution in [2.45, 2.75) is 16.2 Å². The third-order valence-corrected chi connectivity index (χ3v) is 4.35. The van der Waals surface area contributed by atoms with Crippen LogP contribution >= 0.6 is 23.4 Å². The lowest BCUT2D eigenvalue weighted by atomic mass is 10.0. The van der Waals surface area contributed by atoms with Crippen molar-refractivity contribution in [2.24, 2.45) is 0 Å². The van der Waals surface area contributed by atoms with E-state index in [4.69, 9.17) is 11.6 Å². The van der Waals surface area contributed by atoms with Crippen molar-refractivity contribution in [3.8, 4) is 0 Å². The highest BCUT2D eigenvalue weighted by Crippen LogP contribution is 2.39. The smallest absolute Gasteiger partial charge is 0.168 e. The first-order chi connectivity index (χ1) is 8.25. The molecule has 0 bridgehead atoms. The molecule has 0 saturated heterocycles. The van der Waals surface area contributed by atoms with Crippen LogP contribution in [0.4, 0.5) is 0 Å². The standard InChI is InChI=1S/C14H9ClOS/c15-11-5-3-7-14-10(11)8-12(16)9-4-1-2-6-13(9)17-14/h1-7H,8H2. The molecule has 0 atom stereocenters. The third-order valence-electron chi connectivity index (χ3n) is 2.82. The van der Waals surface area contributed by atoms with Crippen LogP contribution in [-0.4, -0.2) is 5.78 Å². The molecule has 1 aliphatic rings. The largest absolute Gasteiger partial charge is 0.294 e. The molecule has 1 nitrogen and oxygen atoms in total. The number of benzene rings is 2. The zero-order chi connectivity index (χ0) is 11.8. The van der Waals surface area contributed by atoms with Crippen LogP contribution in [0, 0.1) is 0 Å². The molecule has 0 unspecified atom stereocenters. The molecular weight excluding hydrogens is 252 g/mol. The van der Waals surface area contributed by atoms with Crippen molar-refractivity contribution >= 4 is 29.1 Å². The number of halogens is 1. The van der Waals surface area contributed by atoms with Gasteiger partial charge in [0.25, 0.3) is 0 Å². The van der Waals surface area contributed by atoms with Gasteiger partial charge in [0.05, 0.1) is 0 Å². The van der Waals surface area contributed by atoms with Crippen LogP contribution in [0.25, 0.3) is 0 Å². The molecule has 2 aromatic rings. The van der Waals surface area contributed by atoms with Gasteiger partial charge in [-0.05, 0) is 23.8 Å². The number of hydrogen-bond acceptors (Lipinski definition) is 2. The summed E-state index contributed by atoms with van der Waals surface area (Å²) in [4.78, 5) is 14.2. The van der Waals surface area contributed by atoms with E-state index in [2.05, 4.69) is 0 Å². The summed E-state index contributed by atoms with van der Waals surface area (Å²) < 4.78 is 0. The molecule has 0 aromatic heterocycles. The van der Waals surface area contributed by atoms with Gasteiger partial charge in [0.15, 0.2) is 5.78 Å². The van der Waals surface area contributed by atoms with Gasteiger partial charge in [-0.3, -0.25) is 4.79 Å². The summed E-state index contributed by atoms with van der Waals surface area (Å²) in [5.74, 6) is 0.139. The van der Waals surface area contributed by atoms with E-state index >= 15 is 0 Å². The van der Waals surface area contributed by atoms with Gasteiger partial charge < -0.3 is 0 Å². The van der Waals surface area contributed by atoms with E-state index < -0.39 is 0 Å². The Morgan fingerprint density at radius 1 is 1.00 bits per heavy atom. The Bertz CT molecular complexity index is 607. The zero-order valence-electron chi connectivity index (χ0n) is 8.94. The van der Waals surface area contributed by atoms with Crippen LogP contribution in [0.5, 0.6) is 0 Å². The monoisotopic (exact) mass is 260 g/mol. The van der Waals surface area contributed by atoms with E-state index in [-0.39, 0.29) is 5.78 Å². The molecule has 0 amide bonds. The van der Waals surface area contributed by atoms with Crippen molar-refractivity contribution in [3.63, 3.8) is 0 Å². The Labute approximate surface area is 109 Å². The summed E-state index contributed by atoms with van der Waals surface area (Å²) in [6.45, 7) is 0. The molecule has 0 spiro atoms. The van der Waals surface area contributed by atoms with Crippen LogP contribution in [0.1, 0.15) is 15.9 Å². The highest BCUT2D eigenvalue weighted by molar-refractivity contribution is 7.99. The van der Waals surface area contributed by atoms with E-state index in [0.717, 1.165) is 20.9 Å². The fourth-order valence-electron chi connectivity index (χ4n) is 1.97. The first kappa shape index (κ1) is 10.9. The highest BCUT2D eigenvalue weighted by atomic mass is 35.5. The Kier molecular flexibility index (Phi) is 2.69. The van der Waals surface area contributed by atoms with Crippen molar-refractivity contribution < 1.29 is 4.79 Å². The summed E-state index contributed by atoms with van der Waals surface area (Å²) >= 11 is 7.77. The minimum absolute atomic E-state index is 0.139. The summed E-state index contributed by atoms with van der Waals surface area (Å²) in [7, 11) is 0. The number of ketones is 1. The average Bonchev–Trinajstić information content (AvgIpc) is 2.47. The van der Waals surface area contributed by atoms with Gasteiger partial charge in [-0.2, -0.15) is 0 Å². The highest BCUT2D eigenvalue weighted by Gasteiger charge is 2.21. The van der Waals surface area contributed by atoms with E-state index in [1.54, 1.807) is 11.8 Å². The summed E-state index contributed by atoms with van der Waals surface area (Å²) in [5, 5.41) is 0.677. The van der Waals surface area contributed by atoms with Gasteiger partial charge in [-0.1, -0.05) is 47.6 Å². The molecule has 3 heteroatoms. The first-order valence-electron chi connectivity index (χ1n) is 5.33. The van der Waals surface area contributed by atoms with E-state index in [1.807, 2.05) is 42.5 Å². The summed E-state index contributed by atoms with van der Waals surface area (Å²) in [5.41, 5.74) is 1.74. The van der Waals surface area contributed by atoms with Crippen LogP contribution in [0.15, 0.2) is 52.3 Å². The van der Waals surface area contributed by atoms with Crippen molar-refractivity contribution in [3.05, 3.63) is 58.6 Å². The maximum Gasteiger partial charge on any atom is 0.168 e. The lowest BCUT2D eigenvalue weighted by Crippen LogP contribution is -2.03. The third kappa shape index (κ3) is 1.88. The number of carbonyl (C=O) groups excluding carboxylic acids is 1. The molecule has 0 N–H and O–H groups in total. The van der Waals surface area contributed by atoms with Crippen molar-refractivity contribution in [1.29, 1.82) is 0 Å². The average molecular weight is 261 g/mol. The van der Waals surface area contributed by atoms with Gasteiger partial charge in [0.2, 0.25) is 0 Å². The number of carbonyl (C=O) groups is 1. The van der Waals surface area contributed by atoms with Gasteiger partial charge in [-0.15, -0.1) is 0 Å². The molecule has 0 aliphatic carbocycles. The molecular formula is C14H9ClOS. The molecule has 1 aliphatic heterocycles. The van der Waals surface area contributed by atoms with Gasteiger partial charge in [-0.25, -0.2) is 0 Å². The van der Waals surface area contributed by atoms with Crippen LogP contribution in [0.3, 0.4) is 0 Å². The number of rotatable bonds is 0. The van der Waals surface area contributed by atoms with Crippen molar-refractivity contribution in [2.75, 3.05) is 0 Å². The predicted octanol–water partition coefficient (Wildman–Crippen LogP) is 4.23. The normalized spacial score (nSPS) is 13.8. The maximum absolute atomic E-state index is 12.1. The Morgan fingerprint density at radius 3 is 2.65 bits per heavy atom. The predicted molar refractivity (Wildman–Crippen MR) is 70.1 cm³/mol. The molecule has 0 fully saturated rings. The summed E-state index contributed by atoms with van der Waals surface area (Å²) in [6.07, 6.45) is 0.388. The Hall–Kier alpha value is -1.25. The maximum atomic E-state index is 12.1. The fourth-order valence-corrected chi connectivity index (χ4v) is 3.39. The molecule has 17 heavy (non-hydrogen) atoms. The second-order valence-electron chi connectivity index (χ2n) is 3.91. The van der Waals surface area contributed by atoms with Crippen LogP contribution in [-0.2, 0) is 6.42 Å². The van der Waals surface area contributed by atoms with E-state index in [9.17, 15) is 4.79 Å². The van der Waals surface area contributed by atoms with E-state index in [0.29, 0.717) is 11.4 Å². The minimum Gasteiger partial charge on any atom is -0.294 e. The Morgan fingerprint density at radius 2 is 1.76 bits per heavy atom. The zero-order valence-corrected chi connectivity index (χ0v) is 10.5. The van der Waals surface area contributed by atoms with Crippen LogP contribution < -0.4 is 0 Å². The molecule has 3 rings (SSSR count). The number of hydrogen-bond donors (Lipinski definition) is 0. The SMILES string of the molecule is O=C1Cc2c(Cl)cccc2Sc2ccccc21. The fraction of sp³-hybridized carbons (Fsp3) is 0.0714. The number of Topliss-reactive ketones (excluding diaryl/α,β-unsaturated/α-hetero) is 1. The Balaban J connectivity index is 2.20.